The summed E-state index contributed by atoms with van der Waals surface area (Å²) >= 11 is 0. The highest BCUT2D eigenvalue weighted by Gasteiger charge is 2.30. The summed E-state index contributed by atoms with van der Waals surface area (Å²) in [6.07, 6.45) is 0. The molecule has 0 N–H and O–H groups in total. The van der Waals surface area contributed by atoms with Crippen LogP contribution in [0.1, 0.15) is 22.8 Å². The van der Waals surface area contributed by atoms with Gasteiger partial charge < -0.3 is 9.64 Å². The fourth-order valence-corrected chi connectivity index (χ4v) is 4.60. The molecule has 144 valence electrons. The first-order valence-electron chi connectivity index (χ1n) is 9.01. The Morgan fingerprint density at radius 2 is 1.70 bits per heavy atom. The maximum Gasteiger partial charge on any atom is 0.253 e. The number of hydrogen-bond donors (Lipinski definition) is 0. The van der Waals surface area contributed by atoms with Crippen LogP contribution in [0.4, 0.5) is 0 Å². The molecule has 1 aliphatic heterocycles. The first kappa shape index (κ1) is 19.4. The summed E-state index contributed by atoms with van der Waals surface area (Å²) in [5.41, 5.74) is 1.50. The molecule has 0 radical (unpaired) electrons. The number of carbonyl (C=O) groups excluding carboxylic acids is 1. The Hall–Kier alpha value is -2.38. The van der Waals surface area contributed by atoms with Crippen molar-refractivity contribution in [3.05, 3.63) is 59.7 Å². The Balaban J connectivity index is 1.67. The molecule has 27 heavy (non-hydrogen) atoms. The van der Waals surface area contributed by atoms with Crippen LogP contribution in [0, 0.1) is 6.92 Å². The molecule has 0 spiro atoms. The van der Waals surface area contributed by atoms with E-state index in [1.54, 1.807) is 41.3 Å². The van der Waals surface area contributed by atoms with Crippen molar-refractivity contribution in [2.24, 2.45) is 0 Å². The summed E-state index contributed by atoms with van der Waals surface area (Å²) in [5.74, 6) is 0.686. The van der Waals surface area contributed by atoms with Crippen LogP contribution in [0.5, 0.6) is 5.75 Å². The summed E-state index contributed by atoms with van der Waals surface area (Å²) < 4.78 is 32.3. The summed E-state index contributed by atoms with van der Waals surface area (Å²) in [7, 11) is -3.52. The van der Waals surface area contributed by atoms with Crippen molar-refractivity contribution in [3.63, 3.8) is 0 Å². The molecule has 0 saturated carbocycles. The number of sulfonamides is 1. The summed E-state index contributed by atoms with van der Waals surface area (Å²) in [6.45, 7) is 5.73. The smallest absolute Gasteiger partial charge is 0.253 e. The number of nitrogens with zero attached hydrogens (tertiary/aromatic N) is 2. The van der Waals surface area contributed by atoms with Gasteiger partial charge in [-0.25, -0.2) is 8.42 Å². The molecule has 0 atom stereocenters. The van der Waals surface area contributed by atoms with E-state index in [0.717, 1.165) is 11.3 Å². The van der Waals surface area contributed by atoms with Gasteiger partial charge >= 0.3 is 0 Å². The average Bonchev–Trinajstić information content (AvgIpc) is 2.70. The van der Waals surface area contributed by atoms with E-state index < -0.39 is 10.0 Å². The topological polar surface area (TPSA) is 66.9 Å². The average molecular weight is 388 g/mol. The highest BCUT2D eigenvalue weighted by Crippen LogP contribution is 2.22. The zero-order chi connectivity index (χ0) is 19.4. The van der Waals surface area contributed by atoms with Gasteiger partial charge in [0, 0.05) is 31.7 Å². The van der Waals surface area contributed by atoms with Crippen molar-refractivity contribution in [3.8, 4) is 5.75 Å². The van der Waals surface area contributed by atoms with Crippen LogP contribution in [0.15, 0.2) is 53.4 Å². The van der Waals surface area contributed by atoms with Gasteiger partial charge in [0.2, 0.25) is 10.0 Å². The number of hydrogen-bond acceptors (Lipinski definition) is 4. The van der Waals surface area contributed by atoms with Crippen molar-refractivity contribution in [2.75, 3.05) is 32.8 Å². The number of aryl methyl sites for hydroxylation is 1. The maximum absolute atomic E-state index is 12.8. The quantitative estimate of drug-likeness (QED) is 0.789. The van der Waals surface area contributed by atoms with E-state index in [2.05, 4.69) is 0 Å². The van der Waals surface area contributed by atoms with Gasteiger partial charge in [-0.1, -0.05) is 18.2 Å². The first-order valence-corrected chi connectivity index (χ1v) is 10.5. The Bertz CT molecular complexity index is 905. The number of rotatable bonds is 5. The molecule has 1 fully saturated rings. The highest BCUT2D eigenvalue weighted by atomic mass is 32.2. The Labute approximate surface area is 160 Å². The molecule has 1 amide bonds. The standard InChI is InChI=1S/C20H24N2O4S/c1-3-26-19-10-9-17(15-16(19)2)20(23)21-11-13-22(14-12-21)27(24,25)18-7-5-4-6-8-18/h4-10,15H,3,11-14H2,1-2H3. The molecule has 0 unspecified atom stereocenters. The maximum atomic E-state index is 12.8. The summed E-state index contributed by atoms with van der Waals surface area (Å²) in [6, 6.07) is 13.8. The third kappa shape index (κ3) is 4.14. The lowest BCUT2D eigenvalue weighted by Crippen LogP contribution is -2.50. The molecular weight excluding hydrogens is 364 g/mol. The lowest BCUT2D eigenvalue weighted by molar-refractivity contribution is 0.0697. The minimum atomic E-state index is -3.52. The van der Waals surface area contributed by atoms with Gasteiger partial charge in [0.25, 0.3) is 5.91 Å². The molecule has 0 aromatic heterocycles. The van der Waals surface area contributed by atoms with E-state index in [-0.39, 0.29) is 10.8 Å². The fourth-order valence-electron chi connectivity index (χ4n) is 3.16. The van der Waals surface area contributed by atoms with Gasteiger partial charge in [0.1, 0.15) is 5.75 Å². The third-order valence-corrected chi connectivity index (χ3v) is 6.54. The molecule has 0 bridgehead atoms. The summed E-state index contributed by atoms with van der Waals surface area (Å²) in [4.78, 5) is 14.7. The monoisotopic (exact) mass is 388 g/mol. The number of piperazine rings is 1. The van der Waals surface area contributed by atoms with Crippen LogP contribution in [-0.2, 0) is 10.0 Å². The van der Waals surface area contributed by atoms with Crippen LogP contribution >= 0.6 is 0 Å². The van der Waals surface area contributed by atoms with E-state index in [9.17, 15) is 13.2 Å². The second-order valence-electron chi connectivity index (χ2n) is 6.42. The van der Waals surface area contributed by atoms with E-state index in [1.165, 1.54) is 4.31 Å². The van der Waals surface area contributed by atoms with Crippen molar-refractivity contribution in [2.45, 2.75) is 18.7 Å². The minimum absolute atomic E-state index is 0.0853. The number of ether oxygens (including phenoxy) is 1. The second-order valence-corrected chi connectivity index (χ2v) is 8.36. The molecule has 1 heterocycles. The van der Waals surface area contributed by atoms with Gasteiger partial charge in [-0.05, 0) is 49.7 Å². The van der Waals surface area contributed by atoms with Crippen molar-refractivity contribution in [1.29, 1.82) is 0 Å². The van der Waals surface area contributed by atoms with Gasteiger partial charge in [-0.2, -0.15) is 4.31 Å². The van der Waals surface area contributed by atoms with Crippen LogP contribution in [0.25, 0.3) is 0 Å². The lowest BCUT2D eigenvalue weighted by Gasteiger charge is -2.34. The molecule has 1 saturated heterocycles. The van der Waals surface area contributed by atoms with E-state index in [4.69, 9.17) is 4.74 Å². The van der Waals surface area contributed by atoms with Crippen LogP contribution in [0.2, 0.25) is 0 Å². The molecule has 0 aliphatic carbocycles. The van der Waals surface area contributed by atoms with Crippen molar-refractivity contribution in [1.82, 2.24) is 9.21 Å². The first-order chi connectivity index (χ1) is 12.9. The largest absolute Gasteiger partial charge is 0.494 e. The fraction of sp³-hybridized carbons (Fsp3) is 0.350. The summed E-state index contributed by atoms with van der Waals surface area (Å²) in [5, 5.41) is 0. The number of amides is 1. The molecule has 2 aromatic rings. The zero-order valence-electron chi connectivity index (χ0n) is 15.6. The number of benzene rings is 2. The van der Waals surface area contributed by atoms with Crippen molar-refractivity contribution < 1.29 is 17.9 Å². The molecule has 6 nitrogen and oxygen atoms in total. The van der Waals surface area contributed by atoms with Gasteiger partial charge in [0.15, 0.2) is 0 Å². The van der Waals surface area contributed by atoms with Crippen LogP contribution in [-0.4, -0.2) is 56.3 Å². The zero-order valence-corrected chi connectivity index (χ0v) is 16.4. The molecular formula is C20H24N2O4S. The van der Waals surface area contributed by atoms with Gasteiger partial charge in [0.05, 0.1) is 11.5 Å². The predicted octanol–water partition coefficient (Wildman–Crippen LogP) is 2.54. The van der Waals surface area contributed by atoms with Crippen LogP contribution in [0.3, 0.4) is 0 Å². The van der Waals surface area contributed by atoms with Crippen molar-refractivity contribution >= 4 is 15.9 Å². The molecule has 2 aromatic carbocycles. The second kappa shape index (κ2) is 8.10. The van der Waals surface area contributed by atoms with Crippen LogP contribution < -0.4 is 4.74 Å². The normalized spacial score (nSPS) is 15.6. The SMILES string of the molecule is CCOc1ccc(C(=O)N2CCN(S(=O)(=O)c3ccccc3)CC2)cc1C. The Morgan fingerprint density at radius 1 is 1.04 bits per heavy atom. The lowest BCUT2D eigenvalue weighted by atomic mass is 10.1. The molecule has 3 rings (SSSR count). The van der Waals surface area contributed by atoms with E-state index in [1.807, 2.05) is 26.0 Å². The number of carbonyl (C=O) groups is 1. The van der Waals surface area contributed by atoms with Gasteiger partial charge in [-0.15, -0.1) is 0 Å². The van der Waals surface area contributed by atoms with Gasteiger partial charge in [-0.3, -0.25) is 4.79 Å². The highest BCUT2D eigenvalue weighted by molar-refractivity contribution is 7.89. The predicted molar refractivity (Wildman–Crippen MR) is 103 cm³/mol. The van der Waals surface area contributed by atoms with E-state index in [0.29, 0.717) is 38.3 Å². The Morgan fingerprint density at radius 3 is 2.30 bits per heavy atom. The van der Waals surface area contributed by atoms with E-state index >= 15 is 0 Å². The Kier molecular flexibility index (Phi) is 5.82. The molecule has 1 aliphatic rings. The molecule has 7 heteroatoms. The third-order valence-electron chi connectivity index (χ3n) is 4.63. The minimum Gasteiger partial charge on any atom is -0.494 e.